The molecule has 1 atom stereocenters. The number of benzene rings is 1. The van der Waals surface area contributed by atoms with E-state index in [2.05, 4.69) is 0 Å². The van der Waals surface area contributed by atoms with E-state index in [0.717, 1.165) is 18.4 Å². The molecule has 0 aliphatic heterocycles. The lowest BCUT2D eigenvalue weighted by Crippen LogP contribution is -2.06. The van der Waals surface area contributed by atoms with E-state index in [-0.39, 0.29) is 6.10 Å². The van der Waals surface area contributed by atoms with Gasteiger partial charge in [-0.25, -0.2) is 0 Å². The zero-order valence-corrected chi connectivity index (χ0v) is 9.90. The van der Waals surface area contributed by atoms with Crippen LogP contribution in [0.2, 0.25) is 10.0 Å². The number of ether oxygens (including phenoxy) is 1. The van der Waals surface area contributed by atoms with Crippen LogP contribution in [0.5, 0.6) is 0 Å². The summed E-state index contributed by atoms with van der Waals surface area (Å²) in [6.07, 6.45) is 2.11. The standard InChI is InChI=1S/C11H14Cl2O/c1-8(14-2)6-7-9-4-3-5-10(12)11(9)13/h3-5,8H,6-7H2,1-2H3. The normalized spacial score (nSPS) is 12.9. The molecule has 0 saturated carbocycles. The SMILES string of the molecule is COC(C)CCc1cccc(Cl)c1Cl. The van der Waals surface area contributed by atoms with Gasteiger partial charge < -0.3 is 4.74 Å². The average molecular weight is 233 g/mol. The lowest BCUT2D eigenvalue weighted by molar-refractivity contribution is 0.111. The van der Waals surface area contributed by atoms with Crippen LogP contribution >= 0.6 is 23.2 Å². The van der Waals surface area contributed by atoms with E-state index in [1.165, 1.54) is 0 Å². The van der Waals surface area contributed by atoms with E-state index in [0.29, 0.717) is 10.0 Å². The van der Waals surface area contributed by atoms with Crippen LogP contribution in [-0.4, -0.2) is 13.2 Å². The monoisotopic (exact) mass is 232 g/mol. The van der Waals surface area contributed by atoms with Gasteiger partial charge in [0, 0.05) is 7.11 Å². The molecular formula is C11H14Cl2O. The van der Waals surface area contributed by atoms with Crippen LogP contribution in [0, 0.1) is 0 Å². The first-order valence-corrected chi connectivity index (χ1v) is 5.36. The molecule has 1 aromatic rings. The van der Waals surface area contributed by atoms with Crippen molar-refractivity contribution in [2.75, 3.05) is 7.11 Å². The highest BCUT2D eigenvalue weighted by Gasteiger charge is 2.06. The lowest BCUT2D eigenvalue weighted by atomic mass is 10.1. The Bertz CT molecular complexity index is 299. The van der Waals surface area contributed by atoms with Crippen molar-refractivity contribution in [3.63, 3.8) is 0 Å². The Morgan fingerprint density at radius 1 is 1.36 bits per heavy atom. The van der Waals surface area contributed by atoms with Crippen molar-refractivity contribution in [3.8, 4) is 0 Å². The lowest BCUT2D eigenvalue weighted by Gasteiger charge is -2.10. The average Bonchev–Trinajstić information content (AvgIpc) is 2.20. The number of rotatable bonds is 4. The minimum absolute atomic E-state index is 0.255. The third-order valence-corrected chi connectivity index (χ3v) is 3.11. The van der Waals surface area contributed by atoms with Gasteiger partial charge >= 0.3 is 0 Å². The largest absolute Gasteiger partial charge is 0.382 e. The Labute approximate surface area is 95.0 Å². The van der Waals surface area contributed by atoms with E-state index in [9.17, 15) is 0 Å². The van der Waals surface area contributed by atoms with Crippen molar-refractivity contribution < 1.29 is 4.74 Å². The molecule has 1 nitrogen and oxygen atoms in total. The molecule has 0 aliphatic rings. The summed E-state index contributed by atoms with van der Waals surface area (Å²) in [5.74, 6) is 0. The van der Waals surface area contributed by atoms with Gasteiger partial charge in [0.25, 0.3) is 0 Å². The van der Waals surface area contributed by atoms with Crippen molar-refractivity contribution in [2.24, 2.45) is 0 Å². The molecule has 0 amide bonds. The van der Waals surface area contributed by atoms with Gasteiger partial charge in [-0.3, -0.25) is 0 Å². The van der Waals surface area contributed by atoms with Gasteiger partial charge in [-0.15, -0.1) is 0 Å². The van der Waals surface area contributed by atoms with Gasteiger partial charge in [0.1, 0.15) is 0 Å². The quantitative estimate of drug-likeness (QED) is 0.764. The molecule has 0 aromatic heterocycles. The first-order chi connectivity index (χ1) is 6.65. The van der Waals surface area contributed by atoms with Crippen molar-refractivity contribution in [2.45, 2.75) is 25.9 Å². The third-order valence-electron chi connectivity index (χ3n) is 2.25. The first kappa shape index (κ1) is 11.8. The summed E-state index contributed by atoms with van der Waals surface area (Å²) >= 11 is 11.9. The Hall–Kier alpha value is -0.240. The Balaban J connectivity index is 2.63. The molecule has 0 heterocycles. The first-order valence-electron chi connectivity index (χ1n) is 4.61. The minimum atomic E-state index is 0.255. The molecule has 0 fully saturated rings. The zero-order valence-electron chi connectivity index (χ0n) is 8.39. The second-order valence-electron chi connectivity index (χ2n) is 3.30. The molecule has 1 rings (SSSR count). The second-order valence-corrected chi connectivity index (χ2v) is 4.08. The van der Waals surface area contributed by atoms with Gasteiger partial charge in [0.15, 0.2) is 0 Å². The van der Waals surface area contributed by atoms with Gasteiger partial charge in [-0.05, 0) is 31.4 Å². The van der Waals surface area contributed by atoms with Crippen LogP contribution < -0.4 is 0 Å². The molecular weight excluding hydrogens is 219 g/mol. The van der Waals surface area contributed by atoms with Crippen molar-refractivity contribution in [1.82, 2.24) is 0 Å². The van der Waals surface area contributed by atoms with Gasteiger partial charge in [0.05, 0.1) is 16.1 Å². The van der Waals surface area contributed by atoms with Crippen LogP contribution in [0.1, 0.15) is 18.9 Å². The Morgan fingerprint density at radius 3 is 2.71 bits per heavy atom. The fourth-order valence-electron chi connectivity index (χ4n) is 1.22. The maximum absolute atomic E-state index is 6.05. The summed E-state index contributed by atoms with van der Waals surface area (Å²) < 4.78 is 5.17. The van der Waals surface area contributed by atoms with E-state index in [4.69, 9.17) is 27.9 Å². The van der Waals surface area contributed by atoms with Crippen molar-refractivity contribution in [3.05, 3.63) is 33.8 Å². The summed E-state index contributed by atoms with van der Waals surface area (Å²) in [5, 5.41) is 1.28. The molecule has 1 unspecified atom stereocenters. The maximum Gasteiger partial charge on any atom is 0.0624 e. The summed E-state index contributed by atoms with van der Waals surface area (Å²) in [7, 11) is 1.71. The molecule has 0 bridgehead atoms. The number of aryl methyl sites for hydroxylation is 1. The summed E-state index contributed by atoms with van der Waals surface area (Å²) in [6.45, 7) is 2.04. The number of halogens is 2. The number of hydrogen-bond acceptors (Lipinski definition) is 1. The molecule has 1 aromatic carbocycles. The number of methoxy groups -OCH3 is 1. The number of hydrogen-bond donors (Lipinski definition) is 0. The van der Waals surface area contributed by atoms with Crippen LogP contribution in [0.4, 0.5) is 0 Å². The smallest absolute Gasteiger partial charge is 0.0624 e. The van der Waals surface area contributed by atoms with Crippen LogP contribution in [0.15, 0.2) is 18.2 Å². The highest BCUT2D eigenvalue weighted by atomic mass is 35.5. The Kier molecular flexibility index (Phi) is 4.73. The molecule has 78 valence electrons. The molecule has 3 heteroatoms. The molecule has 0 aliphatic carbocycles. The topological polar surface area (TPSA) is 9.23 Å². The van der Waals surface area contributed by atoms with Crippen LogP contribution in [0.3, 0.4) is 0 Å². The van der Waals surface area contributed by atoms with Crippen molar-refractivity contribution in [1.29, 1.82) is 0 Å². The predicted octanol–water partition coefficient (Wildman–Crippen LogP) is 3.96. The van der Waals surface area contributed by atoms with Gasteiger partial charge in [-0.1, -0.05) is 35.3 Å². The van der Waals surface area contributed by atoms with Gasteiger partial charge in [0.2, 0.25) is 0 Å². The third kappa shape index (κ3) is 3.16. The molecule has 0 radical (unpaired) electrons. The molecule has 0 saturated heterocycles. The highest BCUT2D eigenvalue weighted by Crippen LogP contribution is 2.26. The zero-order chi connectivity index (χ0) is 10.6. The molecule has 0 spiro atoms. The van der Waals surface area contributed by atoms with Gasteiger partial charge in [-0.2, -0.15) is 0 Å². The fourth-order valence-corrected chi connectivity index (χ4v) is 1.63. The van der Waals surface area contributed by atoms with Crippen LogP contribution in [-0.2, 0) is 11.2 Å². The minimum Gasteiger partial charge on any atom is -0.382 e. The van der Waals surface area contributed by atoms with E-state index in [1.54, 1.807) is 13.2 Å². The second kappa shape index (κ2) is 5.59. The highest BCUT2D eigenvalue weighted by molar-refractivity contribution is 6.42. The summed E-state index contributed by atoms with van der Waals surface area (Å²) in [6, 6.07) is 5.71. The van der Waals surface area contributed by atoms with E-state index >= 15 is 0 Å². The van der Waals surface area contributed by atoms with E-state index in [1.807, 2.05) is 19.1 Å². The fraction of sp³-hybridized carbons (Fsp3) is 0.455. The van der Waals surface area contributed by atoms with Crippen LogP contribution in [0.25, 0.3) is 0 Å². The summed E-state index contributed by atoms with van der Waals surface area (Å²) in [4.78, 5) is 0. The van der Waals surface area contributed by atoms with Crippen molar-refractivity contribution >= 4 is 23.2 Å². The Morgan fingerprint density at radius 2 is 2.07 bits per heavy atom. The predicted molar refractivity (Wildman–Crippen MR) is 61.3 cm³/mol. The van der Waals surface area contributed by atoms with E-state index < -0.39 is 0 Å². The molecule has 14 heavy (non-hydrogen) atoms. The molecule has 0 N–H and O–H groups in total. The summed E-state index contributed by atoms with van der Waals surface area (Å²) in [5.41, 5.74) is 1.09. The maximum atomic E-state index is 6.05.